The van der Waals surface area contributed by atoms with Crippen molar-refractivity contribution in [3.8, 4) is 0 Å². The zero-order valence-corrected chi connectivity index (χ0v) is 6.50. The fourth-order valence-corrected chi connectivity index (χ4v) is 0.911. The van der Waals surface area contributed by atoms with Gasteiger partial charge in [-0.25, -0.2) is 13.8 Å². The van der Waals surface area contributed by atoms with E-state index < -0.39 is 12.1 Å². The minimum absolute atomic E-state index is 0.0854. The third-order valence-corrected chi connectivity index (χ3v) is 1.46. The molecule has 1 rings (SSSR count). The highest BCUT2D eigenvalue weighted by Crippen LogP contribution is 2.25. The van der Waals surface area contributed by atoms with Crippen molar-refractivity contribution in [3.05, 3.63) is 17.3 Å². The van der Waals surface area contributed by atoms with Gasteiger partial charge in [-0.05, 0) is 0 Å². The number of hydrogen-bond donors (Lipinski definition) is 2. The normalized spacial score (nSPS) is 10.4. The Bertz CT molecular complexity index is 341. The van der Waals surface area contributed by atoms with Crippen LogP contribution in [0, 0.1) is 0 Å². The molecule has 0 bridgehead atoms. The first-order valence-corrected chi connectivity index (χ1v) is 3.35. The second kappa shape index (κ2) is 3.34. The maximum atomic E-state index is 12.2. The van der Waals surface area contributed by atoms with E-state index in [1.165, 1.54) is 0 Å². The maximum absolute atomic E-state index is 12.2. The molecule has 6 heteroatoms. The van der Waals surface area contributed by atoms with Crippen LogP contribution in [0.25, 0.3) is 0 Å². The van der Waals surface area contributed by atoms with Gasteiger partial charge in [-0.2, -0.15) is 0 Å². The van der Waals surface area contributed by atoms with E-state index in [-0.39, 0.29) is 23.4 Å². The van der Waals surface area contributed by atoms with Gasteiger partial charge in [0.25, 0.3) is 6.43 Å². The van der Waals surface area contributed by atoms with E-state index in [9.17, 15) is 13.6 Å². The Morgan fingerprint density at radius 2 is 2.08 bits per heavy atom. The fraction of sp³-hybridized carbons (Fsp3) is 0.143. The summed E-state index contributed by atoms with van der Waals surface area (Å²) in [4.78, 5) is 13.7. The second-order valence-corrected chi connectivity index (χ2v) is 2.35. The average Bonchev–Trinajstić information content (AvgIpc) is 2.02. The topological polar surface area (TPSA) is 82.0 Å². The molecular weight excluding hydrogens is 180 g/mol. The summed E-state index contributed by atoms with van der Waals surface area (Å²) in [5.41, 5.74) is 9.41. The Balaban J connectivity index is 3.38. The first kappa shape index (κ1) is 9.37. The van der Waals surface area contributed by atoms with E-state index in [4.69, 9.17) is 11.5 Å². The quantitative estimate of drug-likeness (QED) is 0.676. The van der Waals surface area contributed by atoms with Gasteiger partial charge in [0.05, 0.1) is 5.56 Å². The Kier molecular flexibility index (Phi) is 2.41. The Hall–Kier alpha value is -1.72. The van der Waals surface area contributed by atoms with Gasteiger partial charge in [-0.1, -0.05) is 0 Å². The number of aldehydes is 1. The van der Waals surface area contributed by atoms with Crippen LogP contribution in [0.3, 0.4) is 0 Å². The number of nitrogens with zero attached hydrogens (tertiary/aromatic N) is 1. The summed E-state index contributed by atoms with van der Waals surface area (Å²) < 4.78 is 24.5. The number of halogens is 2. The van der Waals surface area contributed by atoms with E-state index in [2.05, 4.69) is 4.98 Å². The number of nitrogens with two attached hydrogens (primary N) is 2. The number of anilines is 2. The third-order valence-electron chi connectivity index (χ3n) is 1.46. The molecule has 1 heterocycles. The summed E-state index contributed by atoms with van der Waals surface area (Å²) in [6.07, 6.45) is -2.62. The van der Waals surface area contributed by atoms with Crippen molar-refractivity contribution >= 4 is 17.8 Å². The van der Waals surface area contributed by atoms with Crippen LogP contribution in [-0.2, 0) is 0 Å². The van der Waals surface area contributed by atoms with Gasteiger partial charge in [-0.15, -0.1) is 0 Å². The van der Waals surface area contributed by atoms with Crippen molar-refractivity contribution in [3.63, 3.8) is 0 Å². The van der Waals surface area contributed by atoms with Crippen molar-refractivity contribution in [2.75, 3.05) is 11.5 Å². The number of carbonyl (C=O) groups excluding carboxylic acids is 1. The van der Waals surface area contributed by atoms with E-state index >= 15 is 0 Å². The van der Waals surface area contributed by atoms with Gasteiger partial charge in [-0.3, -0.25) is 4.79 Å². The average molecular weight is 187 g/mol. The molecular formula is C7H7F2N3O. The van der Waals surface area contributed by atoms with Crippen LogP contribution in [0.15, 0.2) is 6.07 Å². The summed E-state index contributed by atoms with van der Waals surface area (Å²) in [7, 11) is 0. The van der Waals surface area contributed by atoms with Crippen molar-refractivity contribution in [2.24, 2.45) is 0 Å². The van der Waals surface area contributed by atoms with Gasteiger partial charge < -0.3 is 11.5 Å². The first-order valence-electron chi connectivity index (χ1n) is 3.35. The zero-order valence-electron chi connectivity index (χ0n) is 6.50. The number of alkyl halides is 2. The molecule has 0 radical (unpaired) electrons. The lowest BCUT2D eigenvalue weighted by atomic mass is 10.2. The molecule has 0 unspecified atom stereocenters. The number of pyridine rings is 1. The van der Waals surface area contributed by atoms with Gasteiger partial charge in [0.1, 0.15) is 11.5 Å². The molecule has 0 amide bonds. The molecule has 0 saturated carbocycles. The summed E-state index contributed by atoms with van der Waals surface area (Å²) >= 11 is 0. The summed E-state index contributed by atoms with van der Waals surface area (Å²) in [5.74, 6) is -0.126. The predicted molar refractivity (Wildman–Crippen MR) is 43.4 cm³/mol. The summed E-state index contributed by atoms with van der Waals surface area (Å²) in [5, 5.41) is 0. The van der Waals surface area contributed by atoms with Crippen LogP contribution in [0.5, 0.6) is 0 Å². The molecule has 0 aliphatic carbocycles. The SMILES string of the molecule is Nc1cc(N)c(C=O)c(C(F)F)n1. The molecule has 4 N–H and O–H groups in total. The molecule has 4 nitrogen and oxygen atoms in total. The lowest BCUT2D eigenvalue weighted by Crippen LogP contribution is -2.05. The predicted octanol–water partition coefficient (Wildman–Crippen LogP) is 0.996. The van der Waals surface area contributed by atoms with Crippen molar-refractivity contribution < 1.29 is 13.6 Å². The monoisotopic (exact) mass is 187 g/mol. The highest BCUT2D eigenvalue weighted by molar-refractivity contribution is 5.85. The van der Waals surface area contributed by atoms with E-state index in [0.29, 0.717) is 0 Å². The van der Waals surface area contributed by atoms with Crippen LogP contribution >= 0.6 is 0 Å². The number of rotatable bonds is 2. The highest BCUT2D eigenvalue weighted by atomic mass is 19.3. The molecule has 0 atom stereocenters. The fourth-order valence-electron chi connectivity index (χ4n) is 0.911. The molecule has 0 spiro atoms. The largest absolute Gasteiger partial charge is 0.398 e. The standard InChI is InChI=1S/C7H7F2N3O/c8-7(9)6-3(2-13)4(10)1-5(11)12-6/h1-2,7H,(H4,10,11,12). The highest BCUT2D eigenvalue weighted by Gasteiger charge is 2.17. The van der Waals surface area contributed by atoms with E-state index in [1.807, 2.05) is 0 Å². The van der Waals surface area contributed by atoms with Crippen LogP contribution in [0.1, 0.15) is 22.5 Å². The number of carbonyl (C=O) groups is 1. The molecule has 1 aromatic rings. The van der Waals surface area contributed by atoms with Crippen molar-refractivity contribution in [1.29, 1.82) is 0 Å². The lowest BCUT2D eigenvalue weighted by molar-refractivity contribution is 0.110. The van der Waals surface area contributed by atoms with E-state index in [0.717, 1.165) is 6.07 Å². The van der Waals surface area contributed by atoms with Crippen LogP contribution in [-0.4, -0.2) is 11.3 Å². The molecule has 0 aliphatic rings. The van der Waals surface area contributed by atoms with E-state index in [1.54, 1.807) is 0 Å². The van der Waals surface area contributed by atoms with Crippen LogP contribution in [0.2, 0.25) is 0 Å². The minimum atomic E-state index is -2.86. The summed E-state index contributed by atoms with van der Waals surface area (Å²) in [6, 6.07) is 1.16. The smallest absolute Gasteiger partial charge is 0.281 e. The Morgan fingerprint density at radius 3 is 2.54 bits per heavy atom. The molecule has 70 valence electrons. The second-order valence-electron chi connectivity index (χ2n) is 2.35. The maximum Gasteiger partial charge on any atom is 0.281 e. The van der Waals surface area contributed by atoms with Crippen molar-refractivity contribution in [1.82, 2.24) is 4.98 Å². The minimum Gasteiger partial charge on any atom is -0.398 e. The van der Waals surface area contributed by atoms with Crippen LogP contribution in [0.4, 0.5) is 20.3 Å². The van der Waals surface area contributed by atoms with Crippen molar-refractivity contribution in [2.45, 2.75) is 6.43 Å². The number of nitrogen functional groups attached to an aromatic ring is 2. The Morgan fingerprint density at radius 1 is 1.46 bits per heavy atom. The molecule has 0 saturated heterocycles. The molecule has 13 heavy (non-hydrogen) atoms. The molecule has 0 fully saturated rings. The molecule has 0 aliphatic heterocycles. The lowest BCUT2D eigenvalue weighted by Gasteiger charge is -2.06. The van der Waals surface area contributed by atoms with Gasteiger partial charge in [0.15, 0.2) is 6.29 Å². The molecule has 0 aromatic carbocycles. The molecule has 1 aromatic heterocycles. The van der Waals surface area contributed by atoms with Crippen LogP contribution < -0.4 is 11.5 Å². The van der Waals surface area contributed by atoms with Gasteiger partial charge in [0, 0.05) is 11.8 Å². The Labute approximate surface area is 72.6 Å². The number of hydrogen-bond acceptors (Lipinski definition) is 4. The van der Waals surface area contributed by atoms with Gasteiger partial charge in [0.2, 0.25) is 0 Å². The number of aromatic nitrogens is 1. The summed E-state index contributed by atoms with van der Waals surface area (Å²) in [6.45, 7) is 0. The van der Waals surface area contributed by atoms with Gasteiger partial charge >= 0.3 is 0 Å². The zero-order chi connectivity index (χ0) is 10.0. The first-order chi connectivity index (χ1) is 6.06. The third kappa shape index (κ3) is 1.71.